The summed E-state index contributed by atoms with van der Waals surface area (Å²) in [5, 5.41) is 5.91. The molecule has 22 heavy (non-hydrogen) atoms. The van der Waals surface area contributed by atoms with Gasteiger partial charge in [-0.05, 0) is 78.0 Å². The molecule has 0 unspecified atom stereocenters. The average molecular weight is 409 g/mol. The van der Waals surface area contributed by atoms with Gasteiger partial charge in [-0.15, -0.1) is 0 Å². The summed E-state index contributed by atoms with van der Waals surface area (Å²) in [4.78, 5) is 23.1. The smallest absolute Gasteiger partial charge is 0.248 e. The van der Waals surface area contributed by atoms with Crippen LogP contribution < -0.4 is 16.4 Å². The second-order valence-corrected chi connectivity index (χ2v) is 6.05. The van der Waals surface area contributed by atoms with Gasteiger partial charge in [0.15, 0.2) is 0 Å². The highest BCUT2D eigenvalue weighted by atomic mass is 127. The van der Waals surface area contributed by atoms with Crippen LogP contribution in [0.1, 0.15) is 17.3 Å². The maximum Gasteiger partial charge on any atom is 0.248 e. The fraction of sp³-hybridized carbons (Fsp3) is 0.125. The molecule has 0 saturated carbocycles. The zero-order valence-corrected chi connectivity index (χ0v) is 14.1. The first-order valence-corrected chi connectivity index (χ1v) is 7.76. The third kappa shape index (κ3) is 4.45. The Hall–Kier alpha value is -2.09. The van der Waals surface area contributed by atoms with Crippen LogP contribution in [0, 0.1) is 3.57 Å². The summed E-state index contributed by atoms with van der Waals surface area (Å²) in [5.74, 6) is -0.656. The first-order chi connectivity index (χ1) is 10.5. The molecule has 2 aromatic rings. The molecule has 0 spiro atoms. The molecule has 2 aromatic carbocycles. The van der Waals surface area contributed by atoms with Gasteiger partial charge in [0.25, 0.3) is 0 Å². The van der Waals surface area contributed by atoms with Crippen molar-refractivity contribution in [1.29, 1.82) is 0 Å². The van der Waals surface area contributed by atoms with E-state index < -0.39 is 11.9 Å². The predicted octanol–water partition coefficient (Wildman–Crippen LogP) is 2.83. The lowest BCUT2D eigenvalue weighted by Crippen LogP contribution is -2.31. The van der Waals surface area contributed by atoms with E-state index in [-0.39, 0.29) is 5.91 Å². The Labute approximate surface area is 142 Å². The van der Waals surface area contributed by atoms with Gasteiger partial charge in [0.2, 0.25) is 11.8 Å². The van der Waals surface area contributed by atoms with E-state index in [4.69, 9.17) is 5.73 Å². The van der Waals surface area contributed by atoms with Crippen LogP contribution in [0.5, 0.6) is 0 Å². The van der Waals surface area contributed by atoms with Crippen LogP contribution in [-0.4, -0.2) is 17.9 Å². The van der Waals surface area contributed by atoms with Gasteiger partial charge in [-0.25, -0.2) is 0 Å². The zero-order chi connectivity index (χ0) is 16.1. The molecule has 0 heterocycles. The van der Waals surface area contributed by atoms with E-state index in [1.165, 1.54) is 0 Å². The molecule has 0 aromatic heterocycles. The Morgan fingerprint density at radius 3 is 2.09 bits per heavy atom. The van der Waals surface area contributed by atoms with Crippen LogP contribution in [-0.2, 0) is 4.79 Å². The van der Waals surface area contributed by atoms with Crippen molar-refractivity contribution >= 4 is 45.8 Å². The Morgan fingerprint density at radius 2 is 1.55 bits per heavy atom. The molecule has 0 fully saturated rings. The predicted molar refractivity (Wildman–Crippen MR) is 95.8 cm³/mol. The molecule has 1 atom stereocenters. The van der Waals surface area contributed by atoms with E-state index >= 15 is 0 Å². The number of nitrogens with one attached hydrogen (secondary N) is 2. The normalized spacial score (nSPS) is 11.5. The number of carbonyl (C=O) groups is 2. The molecule has 0 radical (unpaired) electrons. The number of anilines is 2. The van der Waals surface area contributed by atoms with E-state index in [2.05, 4.69) is 33.2 Å². The molecule has 114 valence electrons. The fourth-order valence-electron chi connectivity index (χ4n) is 1.83. The summed E-state index contributed by atoms with van der Waals surface area (Å²) in [6, 6.07) is 13.8. The molecule has 2 rings (SSSR count). The maximum atomic E-state index is 12.1. The Bertz CT molecular complexity index is 669. The molecule has 0 bridgehead atoms. The van der Waals surface area contributed by atoms with E-state index in [1.54, 1.807) is 31.2 Å². The van der Waals surface area contributed by atoms with Gasteiger partial charge < -0.3 is 16.4 Å². The third-order valence-electron chi connectivity index (χ3n) is 3.06. The summed E-state index contributed by atoms with van der Waals surface area (Å²) < 4.78 is 1.13. The molecular formula is C16H16IN3O2. The molecule has 2 amide bonds. The number of hydrogen-bond acceptors (Lipinski definition) is 3. The second-order valence-electron chi connectivity index (χ2n) is 4.80. The number of benzene rings is 2. The van der Waals surface area contributed by atoms with Crippen LogP contribution >= 0.6 is 22.6 Å². The number of nitrogens with two attached hydrogens (primary N) is 1. The summed E-state index contributed by atoms with van der Waals surface area (Å²) in [6.45, 7) is 1.78. The molecule has 4 N–H and O–H groups in total. The van der Waals surface area contributed by atoms with Gasteiger partial charge in [0.1, 0.15) is 6.04 Å². The maximum absolute atomic E-state index is 12.1. The van der Waals surface area contributed by atoms with Crippen molar-refractivity contribution in [2.45, 2.75) is 13.0 Å². The van der Waals surface area contributed by atoms with Crippen molar-refractivity contribution in [1.82, 2.24) is 0 Å². The highest BCUT2D eigenvalue weighted by Crippen LogP contribution is 2.14. The summed E-state index contributed by atoms with van der Waals surface area (Å²) in [7, 11) is 0. The fourth-order valence-corrected chi connectivity index (χ4v) is 2.19. The van der Waals surface area contributed by atoms with Gasteiger partial charge in [-0.1, -0.05) is 0 Å². The quantitative estimate of drug-likeness (QED) is 0.665. The Morgan fingerprint density at radius 1 is 1.00 bits per heavy atom. The van der Waals surface area contributed by atoms with Crippen LogP contribution in [0.15, 0.2) is 48.5 Å². The molecule has 6 heteroatoms. The van der Waals surface area contributed by atoms with Crippen LogP contribution in [0.4, 0.5) is 11.4 Å². The van der Waals surface area contributed by atoms with Crippen molar-refractivity contribution in [3.8, 4) is 0 Å². The lowest BCUT2D eigenvalue weighted by atomic mass is 10.2. The van der Waals surface area contributed by atoms with E-state index in [0.29, 0.717) is 11.3 Å². The van der Waals surface area contributed by atoms with Crippen LogP contribution in [0.25, 0.3) is 0 Å². The molecule has 0 aliphatic rings. The number of amides is 2. The number of rotatable bonds is 5. The topological polar surface area (TPSA) is 84.2 Å². The first kappa shape index (κ1) is 16.3. The van der Waals surface area contributed by atoms with Gasteiger partial charge >= 0.3 is 0 Å². The van der Waals surface area contributed by atoms with Gasteiger partial charge in [0.05, 0.1) is 0 Å². The number of carbonyl (C=O) groups excluding carboxylic acids is 2. The lowest BCUT2D eigenvalue weighted by molar-refractivity contribution is -0.116. The standard InChI is InChI=1S/C16H16IN3O2/c1-10(19-13-8-4-12(17)5-9-13)16(22)20-14-6-2-11(3-7-14)15(18)21/h2-10,19H,1H3,(H2,18,21)(H,20,22)/t10-/m0/s1. The minimum Gasteiger partial charge on any atom is -0.374 e. The van der Waals surface area contributed by atoms with E-state index in [0.717, 1.165) is 9.26 Å². The highest BCUT2D eigenvalue weighted by molar-refractivity contribution is 14.1. The summed E-state index contributed by atoms with van der Waals surface area (Å²) >= 11 is 2.23. The van der Waals surface area contributed by atoms with Crippen molar-refractivity contribution in [3.63, 3.8) is 0 Å². The van der Waals surface area contributed by atoms with Gasteiger partial charge in [-0.3, -0.25) is 9.59 Å². The Kier molecular flexibility index (Phi) is 5.37. The van der Waals surface area contributed by atoms with Gasteiger partial charge in [-0.2, -0.15) is 0 Å². The van der Waals surface area contributed by atoms with Gasteiger partial charge in [0, 0.05) is 20.5 Å². The lowest BCUT2D eigenvalue weighted by Gasteiger charge is -2.15. The zero-order valence-electron chi connectivity index (χ0n) is 12.0. The summed E-state index contributed by atoms with van der Waals surface area (Å²) in [5.41, 5.74) is 7.08. The van der Waals surface area contributed by atoms with Crippen molar-refractivity contribution < 1.29 is 9.59 Å². The number of halogens is 1. The highest BCUT2D eigenvalue weighted by Gasteiger charge is 2.13. The second kappa shape index (κ2) is 7.26. The average Bonchev–Trinajstić information content (AvgIpc) is 2.50. The molecule has 5 nitrogen and oxygen atoms in total. The molecular weight excluding hydrogens is 393 g/mol. The van der Waals surface area contributed by atoms with Crippen molar-refractivity contribution in [3.05, 3.63) is 57.7 Å². The number of primary amides is 1. The summed E-state index contributed by atoms with van der Waals surface area (Å²) in [6.07, 6.45) is 0. The Balaban J connectivity index is 1.95. The van der Waals surface area contributed by atoms with E-state index in [1.807, 2.05) is 24.3 Å². The SMILES string of the molecule is C[C@H](Nc1ccc(I)cc1)C(=O)Nc1ccc(C(N)=O)cc1. The third-order valence-corrected chi connectivity index (χ3v) is 3.78. The van der Waals surface area contributed by atoms with Crippen molar-refractivity contribution in [2.24, 2.45) is 5.73 Å². The van der Waals surface area contributed by atoms with Crippen LogP contribution in [0.3, 0.4) is 0 Å². The largest absolute Gasteiger partial charge is 0.374 e. The first-order valence-electron chi connectivity index (χ1n) is 6.68. The van der Waals surface area contributed by atoms with E-state index in [9.17, 15) is 9.59 Å². The number of hydrogen-bond donors (Lipinski definition) is 3. The monoisotopic (exact) mass is 409 g/mol. The minimum atomic E-state index is -0.494. The van der Waals surface area contributed by atoms with Crippen molar-refractivity contribution in [2.75, 3.05) is 10.6 Å². The molecule has 0 saturated heterocycles. The molecule has 0 aliphatic heterocycles. The minimum absolute atomic E-state index is 0.162. The molecule has 0 aliphatic carbocycles. The van der Waals surface area contributed by atoms with Crippen LogP contribution in [0.2, 0.25) is 0 Å².